The van der Waals surface area contributed by atoms with Crippen LogP contribution < -0.4 is 5.32 Å². The third kappa shape index (κ3) is 5.60. The predicted octanol–water partition coefficient (Wildman–Crippen LogP) is 1.94. The molecule has 0 amide bonds. The molecule has 174 valence electrons. The second-order valence-electron chi connectivity index (χ2n) is 7.23. The first-order chi connectivity index (χ1) is 16.4. The minimum absolute atomic E-state index is 0.0232. The fourth-order valence-electron chi connectivity index (χ4n) is 3.19. The van der Waals surface area contributed by atoms with Crippen LogP contribution in [0.15, 0.2) is 84.5 Å². The van der Waals surface area contributed by atoms with E-state index >= 15 is 0 Å². The number of carboxylic acid groups (broad SMARTS) is 1. The molecule has 0 saturated heterocycles. The fourth-order valence-corrected chi connectivity index (χ4v) is 4.55. The van der Waals surface area contributed by atoms with Gasteiger partial charge in [0.25, 0.3) is 0 Å². The summed E-state index contributed by atoms with van der Waals surface area (Å²) in [7, 11) is -3.90. The number of benzene rings is 1. The van der Waals surface area contributed by atoms with E-state index in [1.165, 1.54) is 29.1 Å². The lowest BCUT2D eigenvalue weighted by molar-refractivity contribution is -0.134. The maximum absolute atomic E-state index is 13.4. The van der Waals surface area contributed by atoms with E-state index in [1.54, 1.807) is 35.3 Å². The normalized spacial score (nSPS) is 11.4. The van der Waals surface area contributed by atoms with Crippen molar-refractivity contribution in [2.24, 2.45) is 0 Å². The summed E-state index contributed by atoms with van der Waals surface area (Å²) in [5, 5.41) is 15.7. The molecule has 0 aliphatic rings. The smallest absolute Gasteiger partial charge is 0.322 e. The summed E-state index contributed by atoms with van der Waals surface area (Å²) in [5.41, 5.74) is 2.01. The lowest BCUT2D eigenvalue weighted by Gasteiger charge is -2.22. The third-order valence-electron chi connectivity index (χ3n) is 4.82. The Labute approximate surface area is 195 Å². The SMILES string of the molecule is O=C(O)CNc1cccc(CN(Cc2ccc(-n3cncn3)cc2)S(=O)(=O)c2cccnc2)n1. The molecule has 0 aliphatic carbocycles. The topological polar surface area (TPSA) is 143 Å². The number of hydrogen-bond acceptors (Lipinski definition) is 8. The zero-order valence-corrected chi connectivity index (χ0v) is 18.7. The van der Waals surface area contributed by atoms with Crippen LogP contribution in [0, 0.1) is 0 Å². The Kier molecular flexibility index (Phi) is 6.90. The molecule has 0 saturated carbocycles. The first kappa shape index (κ1) is 23.0. The lowest BCUT2D eigenvalue weighted by atomic mass is 10.2. The van der Waals surface area contributed by atoms with E-state index in [9.17, 15) is 13.2 Å². The van der Waals surface area contributed by atoms with Crippen LogP contribution in [-0.4, -0.2) is 55.1 Å². The molecular formula is C22H21N7O4S. The number of aromatic nitrogens is 5. The van der Waals surface area contributed by atoms with Crippen molar-refractivity contribution in [3.63, 3.8) is 0 Å². The van der Waals surface area contributed by atoms with Gasteiger partial charge in [-0.25, -0.2) is 23.1 Å². The van der Waals surface area contributed by atoms with Gasteiger partial charge >= 0.3 is 5.97 Å². The number of carboxylic acids is 1. The van der Waals surface area contributed by atoms with Crippen LogP contribution >= 0.6 is 0 Å². The van der Waals surface area contributed by atoms with E-state index in [-0.39, 0.29) is 24.5 Å². The number of aliphatic carboxylic acids is 1. The number of carbonyl (C=O) groups is 1. The van der Waals surface area contributed by atoms with Crippen molar-refractivity contribution in [3.05, 3.63) is 90.9 Å². The van der Waals surface area contributed by atoms with Crippen molar-refractivity contribution in [2.75, 3.05) is 11.9 Å². The monoisotopic (exact) mass is 479 g/mol. The molecule has 4 rings (SSSR count). The van der Waals surface area contributed by atoms with Crippen LogP contribution in [0.25, 0.3) is 5.69 Å². The molecule has 34 heavy (non-hydrogen) atoms. The van der Waals surface area contributed by atoms with E-state index in [2.05, 4.69) is 25.4 Å². The number of rotatable bonds is 10. The second kappa shape index (κ2) is 10.2. The van der Waals surface area contributed by atoms with Gasteiger partial charge in [-0.15, -0.1) is 0 Å². The summed E-state index contributed by atoms with van der Waals surface area (Å²) >= 11 is 0. The van der Waals surface area contributed by atoms with Crippen molar-refractivity contribution in [1.82, 2.24) is 29.0 Å². The Bertz CT molecular complexity index is 1350. The number of pyridine rings is 2. The molecule has 11 nitrogen and oxygen atoms in total. The molecule has 4 aromatic rings. The number of hydrogen-bond donors (Lipinski definition) is 2. The molecule has 0 unspecified atom stereocenters. The quantitative estimate of drug-likeness (QED) is 0.349. The van der Waals surface area contributed by atoms with E-state index in [4.69, 9.17) is 5.11 Å². The zero-order chi connectivity index (χ0) is 24.0. The Morgan fingerprint density at radius 2 is 1.85 bits per heavy atom. The van der Waals surface area contributed by atoms with Gasteiger partial charge in [0.1, 0.15) is 29.9 Å². The summed E-state index contributed by atoms with van der Waals surface area (Å²) in [6.07, 6.45) is 5.81. The Morgan fingerprint density at radius 1 is 1.03 bits per heavy atom. The highest BCUT2D eigenvalue weighted by molar-refractivity contribution is 7.89. The molecule has 0 aliphatic heterocycles. The van der Waals surface area contributed by atoms with E-state index in [0.29, 0.717) is 11.5 Å². The molecule has 1 aromatic carbocycles. The van der Waals surface area contributed by atoms with Crippen LogP contribution in [-0.2, 0) is 27.9 Å². The number of nitrogens with zero attached hydrogens (tertiary/aromatic N) is 6. The summed E-state index contributed by atoms with van der Waals surface area (Å²) in [4.78, 5) is 23.1. The second-order valence-corrected chi connectivity index (χ2v) is 9.17. The van der Waals surface area contributed by atoms with Crippen molar-refractivity contribution >= 4 is 21.8 Å². The predicted molar refractivity (Wildman–Crippen MR) is 122 cm³/mol. The van der Waals surface area contributed by atoms with Gasteiger partial charge in [0, 0.05) is 18.9 Å². The molecule has 3 aromatic heterocycles. The van der Waals surface area contributed by atoms with Crippen molar-refractivity contribution in [3.8, 4) is 5.69 Å². The molecule has 0 fully saturated rings. The molecule has 0 bridgehead atoms. The van der Waals surface area contributed by atoms with Crippen molar-refractivity contribution < 1.29 is 18.3 Å². The molecule has 3 heterocycles. The number of anilines is 1. The molecule has 2 N–H and O–H groups in total. The van der Waals surface area contributed by atoms with Gasteiger partial charge in [-0.3, -0.25) is 9.78 Å². The largest absolute Gasteiger partial charge is 0.480 e. The molecule has 12 heteroatoms. The van der Waals surface area contributed by atoms with Gasteiger partial charge in [-0.1, -0.05) is 18.2 Å². The van der Waals surface area contributed by atoms with Crippen LogP contribution in [0.4, 0.5) is 5.82 Å². The Morgan fingerprint density at radius 3 is 2.53 bits per heavy atom. The van der Waals surface area contributed by atoms with Gasteiger partial charge in [0.2, 0.25) is 10.0 Å². The number of sulfonamides is 1. The van der Waals surface area contributed by atoms with Crippen LogP contribution in [0.3, 0.4) is 0 Å². The Hall–Kier alpha value is -4.16. The summed E-state index contributed by atoms with van der Waals surface area (Å²) in [6, 6.07) is 15.3. The standard InChI is InChI=1S/C22H21N7O4S/c30-22(31)12-25-21-5-1-3-18(27-21)14-28(34(32,33)20-4-2-10-23-11-20)13-17-6-8-19(9-7-17)29-16-24-15-26-29/h1-11,15-16H,12-14H2,(H,25,27)(H,30,31). The Balaban J connectivity index is 1.61. The number of nitrogens with one attached hydrogen (secondary N) is 1. The van der Waals surface area contributed by atoms with Gasteiger partial charge in [-0.2, -0.15) is 9.40 Å². The van der Waals surface area contributed by atoms with Crippen LogP contribution in [0.1, 0.15) is 11.3 Å². The molecule has 0 spiro atoms. The fraction of sp³-hybridized carbons (Fsp3) is 0.136. The van der Waals surface area contributed by atoms with Crippen LogP contribution in [0.2, 0.25) is 0 Å². The summed E-state index contributed by atoms with van der Waals surface area (Å²) < 4.78 is 29.8. The van der Waals surface area contributed by atoms with Gasteiger partial charge in [0.15, 0.2) is 0 Å². The van der Waals surface area contributed by atoms with Crippen LogP contribution in [0.5, 0.6) is 0 Å². The minimum Gasteiger partial charge on any atom is -0.480 e. The van der Waals surface area contributed by atoms with Gasteiger partial charge in [-0.05, 0) is 42.0 Å². The first-order valence-corrected chi connectivity index (χ1v) is 11.6. The lowest BCUT2D eigenvalue weighted by Crippen LogP contribution is -2.30. The van der Waals surface area contributed by atoms with Gasteiger partial charge in [0.05, 0.1) is 17.9 Å². The molecule has 0 radical (unpaired) electrons. The third-order valence-corrected chi connectivity index (χ3v) is 6.59. The minimum atomic E-state index is -3.90. The van der Waals surface area contributed by atoms with E-state index < -0.39 is 16.0 Å². The zero-order valence-electron chi connectivity index (χ0n) is 17.9. The average molecular weight is 480 g/mol. The molecular weight excluding hydrogens is 458 g/mol. The first-order valence-electron chi connectivity index (χ1n) is 10.2. The highest BCUT2D eigenvalue weighted by Gasteiger charge is 2.26. The summed E-state index contributed by atoms with van der Waals surface area (Å²) in [5.74, 6) is -0.682. The maximum atomic E-state index is 13.4. The van der Waals surface area contributed by atoms with E-state index in [0.717, 1.165) is 11.3 Å². The highest BCUT2D eigenvalue weighted by Crippen LogP contribution is 2.21. The van der Waals surface area contributed by atoms with Crippen molar-refractivity contribution in [1.29, 1.82) is 0 Å². The van der Waals surface area contributed by atoms with E-state index in [1.807, 2.05) is 24.3 Å². The average Bonchev–Trinajstić information content (AvgIpc) is 3.39. The van der Waals surface area contributed by atoms with Gasteiger partial charge < -0.3 is 10.4 Å². The van der Waals surface area contributed by atoms with Crippen molar-refractivity contribution in [2.45, 2.75) is 18.0 Å². The molecule has 0 atom stereocenters. The maximum Gasteiger partial charge on any atom is 0.322 e. The summed E-state index contributed by atoms with van der Waals surface area (Å²) in [6.45, 7) is -0.236. The highest BCUT2D eigenvalue weighted by atomic mass is 32.2.